The number of carbonyl (C=O) groups is 1. The van der Waals surface area contributed by atoms with Gasteiger partial charge < -0.3 is 10.4 Å². The normalized spacial score (nSPS) is 18.6. The highest BCUT2D eigenvalue weighted by molar-refractivity contribution is 6.15. The quantitative estimate of drug-likeness (QED) is 0.817. The van der Waals surface area contributed by atoms with E-state index >= 15 is 0 Å². The summed E-state index contributed by atoms with van der Waals surface area (Å²) < 4.78 is 0. The van der Waals surface area contributed by atoms with E-state index in [0.29, 0.717) is 24.7 Å². The molecular weight excluding hydrogens is 266 g/mol. The highest BCUT2D eigenvalue weighted by Crippen LogP contribution is 2.16. The Hall–Kier alpha value is -2.30. The molecule has 0 spiro atoms. The molecule has 0 saturated carbocycles. The van der Waals surface area contributed by atoms with Crippen LogP contribution in [0.2, 0.25) is 0 Å². The molecule has 1 aliphatic rings. The number of aromatic hydroxyl groups is 1. The first-order chi connectivity index (χ1) is 10.2. The number of carbonyl (C=O) groups excluding carboxylic acids is 1. The van der Waals surface area contributed by atoms with Gasteiger partial charge in [0.25, 0.3) is 5.91 Å². The fourth-order valence-corrected chi connectivity index (χ4v) is 2.09. The van der Waals surface area contributed by atoms with Crippen molar-refractivity contribution in [1.82, 2.24) is 10.2 Å². The molecule has 0 radical (unpaired) electrons. The van der Waals surface area contributed by atoms with Crippen LogP contribution < -0.4 is 5.32 Å². The van der Waals surface area contributed by atoms with Gasteiger partial charge in [-0.05, 0) is 36.6 Å². The highest BCUT2D eigenvalue weighted by atomic mass is 16.3. The number of hydrogen-bond donors (Lipinski definition) is 2. The zero-order chi connectivity index (χ0) is 15.2. The van der Waals surface area contributed by atoms with Crippen molar-refractivity contribution in [3.63, 3.8) is 0 Å². The van der Waals surface area contributed by atoms with E-state index in [-0.39, 0.29) is 11.7 Å². The second kappa shape index (κ2) is 6.92. The molecule has 1 saturated heterocycles. The Labute approximate surface area is 125 Å². The minimum Gasteiger partial charge on any atom is -0.508 e. The van der Waals surface area contributed by atoms with Gasteiger partial charge in [0.05, 0.1) is 0 Å². The van der Waals surface area contributed by atoms with E-state index in [9.17, 15) is 9.90 Å². The molecule has 5 nitrogen and oxygen atoms in total. The van der Waals surface area contributed by atoms with E-state index in [1.54, 1.807) is 35.2 Å². The van der Waals surface area contributed by atoms with Crippen LogP contribution in [0.1, 0.15) is 32.3 Å². The summed E-state index contributed by atoms with van der Waals surface area (Å²) in [6.45, 7) is 5.44. The number of phenolic OH excluding ortho intramolecular Hbond substituents is 1. The largest absolute Gasteiger partial charge is 0.508 e. The standard InChI is InChI=1S/C16H21N3O2/c1-3-9-17-16-18-14(15(21)19(16)10-4-2)11-12-5-7-13(20)8-6-12/h5-8,11,20H,3-4,9-10H2,1-2H3,(H,17,18)/b14-11-. The molecule has 1 fully saturated rings. The molecule has 21 heavy (non-hydrogen) atoms. The van der Waals surface area contributed by atoms with Crippen LogP contribution in [0.3, 0.4) is 0 Å². The first-order valence-corrected chi connectivity index (χ1v) is 7.29. The van der Waals surface area contributed by atoms with Gasteiger partial charge in [-0.25, -0.2) is 0 Å². The average Bonchev–Trinajstić information content (AvgIpc) is 2.77. The lowest BCUT2D eigenvalue weighted by atomic mass is 10.2. The van der Waals surface area contributed by atoms with E-state index in [1.165, 1.54) is 0 Å². The van der Waals surface area contributed by atoms with Crippen LogP contribution in [-0.4, -0.2) is 35.0 Å². The molecule has 0 unspecified atom stereocenters. The van der Waals surface area contributed by atoms with Crippen molar-refractivity contribution in [2.45, 2.75) is 26.7 Å². The van der Waals surface area contributed by atoms with Gasteiger partial charge in [-0.3, -0.25) is 14.7 Å². The molecule has 0 bridgehead atoms. The van der Waals surface area contributed by atoms with Crippen molar-refractivity contribution in [2.24, 2.45) is 4.99 Å². The number of nitrogens with zero attached hydrogens (tertiary/aromatic N) is 2. The number of aliphatic imine (C=N–C) groups is 1. The van der Waals surface area contributed by atoms with Crippen LogP contribution in [0.15, 0.2) is 35.0 Å². The van der Waals surface area contributed by atoms with E-state index in [1.807, 2.05) is 6.92 Å². The average molecular weight is 287 g/mol. The van der Waals surface area contributed by atoms with Crippen molar-refractivity contribution in [1.29, 1.82) is 0 Å². The summed E-state index contributed by atoms with van der Waals surface area (Å²) in [6.07, 6.45) is 3.60. The lowest BCUT2D eigenvalue weighted by Gasteiger charge is -2.13. The van der Waals surface area contributed by atoms with E-state index in [4.69, 9.17) is 0 Å². The number of hydrogen-bond acceptors (Lipinski definition) is 3. The highest BCUT2D eigenvalue weighted by Gasteiger charge is 2.30. The minimum absolute atomic E-state index is 0.0558. The van der Waals surface area contributed by atoms with Crippen LogP contribution in [0.4, 0.5) is 0 Å². The van der Waals surface area contributed by atoms with Gasteiger partial charge in [0, 0.05) is 13.1 Å². The van der Waals surface area contributed by atoms with Gasteiger partial charge in [-0.1, -0.05) is 26.0 Å². The van der Waals surface area contributed by atoms with Crippen molar-refractivity contribution >= 4 is 17.9 Å². The number of amides is 1. The lowest BCUT2D eigenvalue weighted by Crippen LogP contribution is -2.33. The summed E-state index contributed by atoms with van der Waals surface area (Å²) >= 11 is 0. The summed E-state index contributed by atoms with van der Waals surface area (Å²) in [5.41, 5.74) is 1.38. The molecule has 1 amide bonds. The van der Waals surface area contributed by atoms with Crippen LogP contribution in [0, 0.1) is 0 Å². The molecule has 1 heterocycles. The lowest BCUT2D eigenvalue weighted by molar-refractivity contribution is -0.122. The second-order valence-corrected chi connectivity index (χ2v) is 4.94. The van der Waals surface area contributed by atoms with Crippen LogP contribution in [0.25, 0.3) is 6.08 Å². The zero-order valence-corrected chi connectivity index (χ0v) is 12.5. The Kier molecular flexibility index (Phi) is 4.98. The van der Waals surface area contributed by atoms with E-state index in [0.717, 1.165) is 18.4 Å². The van der Waals surface area contributed by atoms with Gasteiger partial charge >= 0.3 is 0 Å². The molecule has 5 heteroatoms. The number of benzene rings is 1. The summed E-state index contributed by atoms with van der Waals surface area (Å²) in [5.74, 6) is 0.786. The number of phenols is 1. The smallest absolute Gasteiger partial charge is 0.277 e. The fraction of sp³-hybridized carbons (Fsp3) is 0.375. The molecule has 2 N–H and O–H groups in total. The monoisotopic (exact) mass is 287 g/mol. The first-order valence-electron chi connectivity index (χ1n) is 7.29. The summed E-state index contributed by atoms with van der Waals surface area (Å²) in [5, 5.41) is 12.4. The molecule has 0 aromatic heterocycles. The predicted octanol–water partition coefficient (Wildman–Crippen LogP) is 2.34. The van der Waals surface area contributed by atoms with E-state index in [2.05, 4.69) is 17.2 Å². The molecule has 0 aliphatic carbocycles. The van der Waals surface area contributed by atoms with Gasteiger partial charge in [-0.15, -0.1) is 0 Å². The van der Waals surface area contributed by atoms with Crippen molar-refractivity contribution in [2.75, 3.05) is 13.1 Å². The third-order valence-corrected chi connectivity index (χ3v) is 3.11. The van der Waals surface area contributed by atoms with Gasteiger partial charge in [0.1, 0.15) is 11.4 Å². The zero-order valence-electron chi connectivity index (χ0n) is 12.5. The van der Waals surface area contributed by atoms with Crippen LogP contribution in [0.5, 0.6) is 5.75 Å². The molecular formula is C16H21N3O2. The molecule has 0 atom stereocenters. The maximum atomic E-state index is 12.4. The van der Waals surface area contributed by atoms with Crippen molar-refractivity contribution in [3.05, 3.63) is 35.5 Å². The van der Waals surface area contributed by atoms with Gasteiger partial charge in [0.2, 0.25) is 5.96 Å². The van der Waals surface area contributed by atoms with E-state index < -0.39 is 0 Å². The Balaban J connectivity index is 2.24. The van der Waals surface area contributed by atoms with Gasteiger partial charge in [-0.2, -0.15) is 0 Å². The topological polar surface area (TPSA) is 64.9 Å². The third-order valence-electron chi connectivity index (χ3n) is 3.11. The summed E-state index contributed by atoms with van der Waals surface area (Å²) in [6, 6.07) is 6.73. The Bertz CT molecular complexity index is 561. The Morgan fingerprint density at radius 2 is 1.95 bits per heavy atom. The maximum Gasteiger partial charge on any atom is 0.277 e. The second-order valence-electron chi connectivity index (χ2n) is 4.94. The SMILES string of the molecule is CCCN=C1N/C(=C\c2ccc(O)cc2)C(=O)N1CCC. The molecule has 1 aromatic rings. The first kappa shape index (κ1) is 15.1. The van der Waals surface area contributed by atoms with Crippen molar-refractivity contribution in [3.8, 4) is 5.75 Å². The molecule has 112 valence electrons. The maximum absolute atomic E-state index is 12.4. The molecule has 1 aromatic carbocycles. The van der Waals surface area contributed by atoms with Gasteiger partial charge in [0.15, 0.2) is 0 Å². The molecule has 1 aliphatic heterocycles. The Morgan fingerprint density at radius 1 is 1.24 bits per heavy atom. The summed E-state index contributed by atoms with van der Waals surface area (Å²) in [7, 11) is 0. The van der Waals surface area contributed by atoms with Crippen LogP contribution >= 0.6 is 0 Å². The van der Waals surface area contributed by atoms with Crippen molar-refractivity contribution < 1.29 is 9.90 Å². The summed E-state index contributed by atoms with van der Waals surface area (Å²) in [4.78, 5) is 18.5. The third kappa shape index (κ3) is 3.62. The Morgan fingerprint density at radius 3 is 2.57 bits per heavy atom. The number of rotatable bonds is 5. The minimum atomic E-state index is -0.0558. The number of guanidine groups is 1. The fourth-order valence-electron chi connectivity index (χ4n) is 2.09. The van der Waals surface area contributed by atoms with Crippen LogP contribution in [-0.2, 0) is 4.79 Å². The number of nitrogens with one attached hydrogen (secondary N) is 1. The molecule has 2 rings (SSSR count). The predicted molar refractivity (Wildman–Crippen MR) is 83.8 cm³/mol.